The molecule has 0 radical (unpaired) electrons. The highest BCUT2D eigenvalue weighted by Crippen LogP contribution is 2.33. The summed E-state index contributed by atoms with van der Waals surface area (Å²) >= 11 is 1.61. The van der Waals surface area contributed by atoms with Crippen molar-refractivity contribution in [2.75, 3.05) is 19.5 Å². The molecule has 5 heteroatoms. The van der Waals surface area contributed by atoms with Crippen LogP contribution in [-0.2, 0) is 4.79 Å². The number of methoxy groups -OCH3 is 2. The third kappa shape index (κ3) is 5.18. The minimum atomic E-state index is -0.198. The summed E-state index contributed by atoms with van der Waals surface area (Å²) < 4.78 is 10.5. The summed E-state index contributed by atoms with van der Waals surface area (Å²) in [7, 11) is 3.17. The smallest absolute Gasteiger partial charge is 0.248 e. The van der Waals surface area contributed by atoms with Gasteiger partial charge in [0.25, 0.3) is 0 Å². The number of carbonyl (C=O) groups excluding carboxylic acids is 1. The van der Waals surface area contributed by atoms with E-state index in [1.807, 2.05) is 72.8 Å². The number of carbonyl (C=O) groups is 1. The minimum Gasteiger partial charge on any atom is -0.493 e. The predicted molar refractivity (Wildman–Crippen MR) is 114 cm³/mol. The summed E-state index contributed by atoms with van der Waals surface area (Å²) in [6.45, 7) is 0. The lowest BCUT2D eigenvalue weighted by atomic mass is 10.2. The summed E-state index contributed by atoms with van der Waals surface area (Å²) in [6.07, 6.45) is 3.25. The van der Waals surface area contributed by atoms with Crippen LogP contribution in [0, 0.1) is 0 Å². The molecule has 0 saturated heterocycles. The van der Waals surface area contributed by atoms with Gasteiger partial charge in [-0.1, -0.05) is 48.2 Å². The van der Waals surface area contributed by atoms with Gasteiger partial charge in [0, 0.05) is 15.9 Å². The summed E-state index contributed by atoms with van der Waals surface area (Å²) in [6, 6.07) is 23.3. The molecule has 3 rings (SSSR count). The molecule has 0 spiro atoms. The van der Waals surface area contributed by atoms with Crippen molar-refractivity contribution in [2.24, 2.45) is 0 Å². The molecule has 0 aliphatic heterocycles. The van der Waals surface area contributed by atoms with Crippen LogP contribution in [0.2, 0.25) is 0 Å². The maximum atomic E-state index is 12.4. The van der Waals surface area contributed by atoms with E-state index in [1.54, 1.807) is 32.1 Å². The van der Waals surface area contributed by atoms with Gasteiger partial charge in [-0.05, 0) is 48.0 Å². The van der Waals surface area contributed by atoms with Crippen LogP contribution in [-0.4, -0.2) is 20.1 Å². The summed E-state index contributed by atoms with van der Waals surface area (Å²) in [5.41, 5.74) is 1.62. The molecule has 3 aromatic rings. The fourth-order valence-corrected chi connectivity index (χ4v) is 3.50. The number of hydrogen-bond donors (Lipinski definition) is 1. The molecule has 0 heterocycles. The quantitative estimate of drug-likeness (QED) is 0.540. The van der Waals surface area contributed by atoms with Gasteiger partial charge < -0.3 is 14.8 Å². The number of ether oxygens (including phenoxy) is 2. The monoisotopic (exact) mass is 391 g/mol. The first-order chi connectivity index (χ1) is 13.7. The third-order valence-corrected chi connectivity index (χ3v) is 5.03. The average Bonchev–Trinajstić information content (AvgIpc) is 2.74. The zero-order valence-electron chi connectivity index (χ0n) is 15.7. The van der Waals surface area contributed by atoms with Crippen molar-refractivity contribution in [1.82, 2.24) is 0 Å². The van der Waals surface area contributed by atoms with E-state index >= 15 is 0 Å². The molecule has 1 N–H and O–H groups in total. The number of benzene rings is 3. The highest BCUT2D eigenvalue weighted by molar-refractivity contribution is 7.99. The van der Waals surface area contributed by atoms with Crippen LogP contribution in [0.3, 0.4) is 0 Å². The average molecular weight is 391 g/mol. The Morgan fingerprint density at radius 3 is 2.36 bits per heavy atom. The number of nitrogens with one attached hydrogen (secondary N) is 1. The van der Waals surface area contributed by atoms with Crippen LogP contribution >= 0.6 is 11.8 Å². The molecule has 0 fully saturated rings. The van der Waals surface area contributed by atoms with E-state index in [4.69, 9.17) is 9.47 Å². The Bertz CT molecular complexity index is 971. The normalized spacial score (nSPS) is 10.6. The Morgan fingerprint density at radius 2 is 1.61 bits per heavy atom. The van der Waals surface area contributed by atoms with Gasteiger partial charge in [0.05, 0.1) is 19.9 Å². The molecule has 28 heavy (non-hydrogen) atoms. The van der Waals surface area contributed by atoms with Gasteiger partial charge in [-0.15, -0.1) is 0 Å². The number of hydrogen-bond acceptors (Lipinski definition) is 4. The molecule has 0 bridgehead atoms. The van der Waals surface area contributed by atoms with Gasteiger partial charge in [-0.25, -0.2) is 0 Å². The van der Waals surface area contributed by atoms with Crippen LogP contribution in [0.1, 0.15) is 5.56 Å². The lowest BCUT2D eigenvalue weighted by Gasteiger charge is -2.09. The maximum absolute atomic E-state index is 12.4. The zero-order chi connectivity index (χ0) is 19.8. The van der Waals surface area contributed by atoms with Gasteiger partial charge in [0.15, 0.2) is 11.5 Å². The summed E-state index contributed by atoms with van der Waals surface area (Å²) in [5, 5.41) is 2.95. The van der Waals surface area contributed by atoms with Crippen molar-refractivity contribution in [3.63, 3.8) is 0 Å². The molecule has 1 amide bonds. The van der Waals surface area contributed by atoms with Crippen LogP contribution < -0.4 is 14.8 Å². The van der Waals surface area contributed by atoms with E-state index in [9.17, 15) is 4.79 Å². The van der Waals surface area contributed by atoms with Crippen molar-refractivity contribution in [3.05, 3.63) is 84.4 Å². The second kappa shape index (κ2) is 9.67. The SMILES string of the molecule is COc1ccc(/C=C/C(=O)Nc2ccccc2Sc2ccccc2)cc1OC. The van der Waals surface area contributed by atoms with E-state index in [1.165, 1.54) is 6.08 Å². The molecule has 0 saturated carbocycles. The number of para-hydroxylation sites is 1. The van der Waals surface area contributed by atoms with Gasteiger partial charge in [0.1, 0.15) is 0 Å². The minimum absolute atomic E-state index is 0.198. The number of amides is 1. The van der Waals surface area contributed by atoms with E-state index in [-0.39, 0.29) is 5.91 Å². The van der Waals surface area contributed by atoms with Crippen molar-refractivity contribution in [3.8, 4) is 11.5 Å². The Hall–Kier alpha value is -3.18. The first kappa shape index (κ1) is 19.6. The second-order valence-electron chi connectivity index (χ2n) is 5.85. The molecule has 0 unspecified atom stereocenters. The summed E-state index contributed by atoms with van der Waals surface area (Å²) in [5.74, 6) is 1.07. The van der Waals surface area contributed by atoms with Gasteiger partial charge in [-0.3, -0.25) is 4.79 Å². The Labute approximate surface area is 169 Å². The zero-order valence-corrected chi connectivity index (χ0v) is 16.5. The molecular formula is C23H21NO3S. The van der Waals surface area contributed by atoms with Crippen molar-refractivity contribution < 1.29 is 14.3 Å². The fourth-order valence-electron chi connectivity index (χ4n) is 2.58. The summed E-state index contributed by atoms with van der Waals surface area (Å²) in [4.78, 5) is 14.5. The maximum Gasteiger partial charge on any atom is 0.248 e. The van der Waals surface area contributed by atoms with Crippen molar-refractivity contribution in [2.45, 2.75) is 9.79 Å². The second-order valence-corrected chi connectivity index (χ2v) is 6.96. The highest BCUT2D eigenvalue weighted by Gasteiger charge is 2.07. The largest absolute Gasteiger partial charge is 0.493 e. The van der Waals surface area contributed by atoms with Gasteiger partial charge in [0.2, 0.25) is 5.91 Å². The van der Waals surface area contributed by atoms with Crippen molar-refractivity contribution >= 4 is 29.4 Å². The first-order valence-electron chi connectivity index (χ1n) is 8.72. The highest BCUT2D eigenvalue weighted by atomic mass is 32.2. The van der Waals surface area contributed by atoms with E-state index in [0.29, 0.717) is 11.5 Å². The Balaban J connectivity index is 1.71. The fraction of sp³-hybridized carbons (Fsp3) is 0.0870. The molecule has 0 atom stereocenters. The van der Waals surface area contributed by atoms with Gasteiger partial charge in [-0.2, -0.15) is 0 Å². The number of rotatable bonds is 7. The number of anilines is 1. The molecule has 0 aliphatic carbocycles. The van der Waals surface area contributed by atoms with E-state index < -0.39 is 0 Å². The van der Waals surface area contributed by atoms with Crippen LogP contribution in [0.5, 0.6) is 11.5 Å². The Morgan fingerprint density at radius 1 is 0.893 bits per heavy atom. The molecular weight excluding hydrogens is 370 g/mol. The van der Waals surface area contributed by atoms with Crippen LogP contribution in [0.25, 0.3) is 6.08 Å². The third-order valence-electron chi connectivity index (χ3n) is 3.95. The standard InChI is InChI=1S/C23H21NO3S/c1-26-20-14-12-17(16-21(20)27-2)13-15-23(25)24-19-10-6-7-11-22(19)28-18-8-4-3-5-9-18/h3-16H,1-2H3,(H,24,25)/b15-13+. The van der Waals surface area contributed by atoms with Crippen LogP contribution in [0.15, 0.2) is 88.7 Å². The molecule has 0 aliphatic rings. The topological polar surface area (TPSA) is 47.6 Å². The van der Waals surface area contributed by atoms with Crippen LogP contribution in [0.4, 0.5) is 5.69 Å². The van der Waals surface area contributed by atoms with E-state index in [2.05, 4.69) is 5.32 Å². The van der Waals surface area contributed by atoms with E-state index in [0.717, 1.165) is 21.0 Å². The molecule has 3 aromatic carbocycles. The molecule has 0 aromatic heterocycles. The lowest BCUT2D eigenvalue weighted by molar-refractivity contribution is -0.111. The Kier molecular flexibility index (Phi) is 6.76. The predicted octanol–water partition coefficient (Wildman–Crippen LogP) is 5.51. The lowest BCUT2D eigenvalue weighted by Crippen LogP contribution is -2.08. The molecule has 4 nitrogen and oxygen atoms in total. The van der Waals surface area contributed by atoms with Crippen molar-refractivity contribution in [1.29, 1.82) is 0 Å². The first-order valence-corrected chi connectivity index (χ1v) is 9.54. The molecule has 142 valence electrons. The van der Waals surface area contributed by atoms with Gasteiger partial charge >= 0.3 is 0 Å².